The highest BCUT2D eigenvalue weighted by Crippen LogP contribution is 2.22. The Kier molecular flexibility index (Phi) is 7.89. The number of hydrogen-bond donors (Lipinski definition) is 2. The smallest absolute Gasteiger partial charge is 0.317 e. The van der Waals surface area contributed by atoms with Crippen LogP contribution in [-0.2, 0) is 9.59 Å². The van der Waals surface area contributed by atoms with Gasteiger partial charge in [0.1, 0.15) is 0 Å². The van der Waals surface area contributed by atoms with Gasteiger partial charge in [-0.2, -0.15) is 0 Å². The Labute approximate surface area is 164 Å². The first kappa shape index (κ1) is 21.8. The first-order valence-electron chi connectivity index (χ1n) is 9.45. The average Bonchev–Trinajstić information content (AvgIpc) is 2.87. The molecule has 1 aromatic carbocycles. The number of nitro groups is 1. The molecule has 0 spiro atoms. The summed E-state index contributed by atoms with van der Waals surface area (Å²) in [5.41, 5.74) is 1.19. The van der Waals surface area contributed by atoms with Gasteiger partial charge >= 0.3 is 5.97 Å². The number of likely N-dealkylation sites (tertiary alicyclic amines) is 1. The van der Waals surface area contributed by atoms with Gasteiger partial charge in [-0.3, -0.25) is 24.6 Å². The normalized spacial score (nSPS) is 17.9. The standard InChI is InChI=1S/C19H28N4O5/c1-14-5-6-16(23(27)28)12-17(14)20-18(24)8-11-22-9-3-4-15(7-10-22)21(2)13-19(25)26/h5-6,12,15H,3-4,7-11,13H2,1-2H3,(H,20,24)(H,25,26). The van der Waals surface area contributed by atoms with Gasteiger partial charge in [-0.1, -0.05) is 6.07 Å². The molecule has 9 nitrogen and oxygen atoms in total. The second-order valence-corrected chi connectivity index (χ2v) is 7.29. The van der Waals surface area contributed by atoms with E-state index in [2.05, 4.69) is 10.2 Å². The minimum absolute atomic E-state index is 0.0373. The van der Waals surface area contributed by atoms with E-state index in [0.717, 1.165) is 37.9 Å². The zero-order chi connectivity index (χ0) is 20.7. The van der Waals surface area contributed by atoms with Crippen molar-refractivity contribution in [3.05, 3.63) is 33.9 Å². The van der Waals surface area contributed by atoms with E-state index in [1.54, 1.807) is 13.0 Å². The zero-order valence-corrected chi connectivity index (χ0v) is 16.4. The van der Waals surface area contributed by atoms with Crippen LogP contribution in [0.4, 0.5) is 11.4 Å². The van der Waals surface area contributed by atoms with Crippen LogP contribution in [0.2, 0.25) is 0 Å². The van der Waals surface area contributed by atoms with Crippen molar-refractivity contribution in [1.29, 1.82) is 0 Å². The molecule has 1 atom stereocenters. The summed E-state index contributed by atoms with van der Waals surface area (Å²) in [5, 5.41) is 22.6. The fourth-order valence-electron chi connectivity index (χ4n) is 3.48. The highest BCUT2D eigenvalue weighted by Gasteiger charge is 2.22. The maximum absolute atomic E-state index is 12.3. The third-order valence-electron chi connectivity index (χ3n) is 5.16. The van der Waals surface area contributed by atoms with Crippen LogP contribution in [-0.4, -0.2) is 71.0 Å². The SMILES string of the molecule is Cc1ccc([N+](=O)[O-])cc1NC(=O)CCN1CCCC(N(C)CC(=O)O)CC1. The molecule has 1 heterocycles. The molecule has 1 aromatic rings. The second-order valence-electron chi connectivity index (χ2n) is 7.29. The molecule has 1 amide bonds. The number of aryl methyl sites for hydroxylation is 1. The molecule has 154 valence electrons. The van der Waals surface area contributed by atoms with Crippen molar-refractivity contribution >= 4 is 23.3 Å². The predicted octanol–water partition coefficient (Wildman–Crippen LogP) is 2.10. The lowest BCUT2D eigenvalue weighted by Crippen LogP contribution is -2.36. The van der Waals surface area contributed by atoms with Gasteiger partial charge in [0.25, 0.3) is 5.69 Å². The third kappa shape index (κ3) is 6.58. The third-order valence-corrected chi connectivity index (χ3v) is 5.16. The monoisotopic (exact) mass is 392 g/mol. The number of nitrogens with zero attached hydrogens (tertiary/aromatic N) is 3. The quantitative estimate of drug-likeness (QED) is 0.514. The van der Waals surface area contributed by atoms with Gasteiger partial charge in [0, 0.05) is 31.1 Å². The molecule has 1 unspecified atom stereocenters. The number of rotatable bonds is 8. The highest BCUT2D eigenvalue weighted by molar-refractivity contribution is 5.92. The number of nitrogens with one attached hydrogen (secondary N) is 1. The van der Waals surface area contributed by atoms with Gasteiger partial charge in [0.2, 0.25) is 5.91 Å². The number of benzene rings is 1. The number of carboxylic acid groups (broad SMARTS) is 1. The average molecular weight is 392 g/mol. The van der Waals surface area contributed by atoms with Crippen molar-refractivity contribution in [3.8, 4) is 0 Å². The van der Waals surface area contributed by atoms with Gasteiger partial charge in [0.05, 0.1) is 17.2 Å². The summed E-state index contributed by atoms with van der Waals surface area (Å²) in [5.74, 6) is -0.996. The van der Waals surface area contributed by atoms with Crippen molar-refractivity contribution < 1.29 is 19.6 Å². The first-order chi connectivity index (χ1) is 13.3. The van der Waals surface area contributed by atoms with Crippen LogP contribution in [0.1, 0.15) is 31.2 Å². The molecule has 0 aliphatic carbocycles. The number of non-ortho nitro benzene ring substituents is 1. The molecule has 1 fully saturated rings. The minimum atomic E-state index is -0.822. The van der Waals surface area contributed by atoms with Crippen molar-refractivity contribution in [3.63, 3.8) is 0 Å². The number of aliphatic carboxylic acids is 1. The molecule has 28 heavy (non-hydrogen) atoms. The number of nitro benzene ring substituents is 1. The number of hydrogen-bond acceptors (Lipinski definition) is 6. The summed E-state index contributed by atoms with van der Waals surface area (Å²) >= 11 is 0. The maximum Gasteiger partial charge on any atom is 0.317 e. The molecule has 1 aliphatic rings. The molecule has 2 rings (SSSR count). The molecular formula is C19H28N4O5. The van der Waals surface area contributed by atoms with Crippen molar-refractivity contribution in [2.45, 2.75) is 38.6 Å². The van der Waals surface area contributed by atoms with Crippen molar-refractivity contribution in [1.82, 2.24) is 9.80 Å². The Morgan fingerprint density at radius 2 is 2.11 bits per heavy atom. The Morgan fingerprint density at radius 1 is 1.36 bits per heavy atom. The van der Waals surface area contributed by atoms with Crippen LogP contribution in [0.5, 0.6) is 0 Å². The Morgan fingerprint density at radius 3 is 2.79 bits per heavy atom. The summed E-state index contributed by atoms with van der Waals surface area (Å²) in [4.78, 5) is 37.7. The highest BCUT2D eigenvalue weighted by atomic mass is 16.6. The first-order valence-corrected chi connectivity index (χ1v) is 9.45. The van der Waals surface area contributed by atoms with Gasteiger partial charge in [-0.25, -0.2) is 0 Å². The van der Waals surface area contributed by atoms with Gasteiger partial charge in [0.15, 0.2) is 0 Å². The molecule has 0 radical (unpaired) electrons. The van der Waals surface area contributed by atoms with E-state index in [1.807, 2.05) is 11.9 Å². The van der Waals surface area contributed by atoms with Crippen molar-refractivity contribution in [2.75, 3.05) is 38.5 Å². The van der Waals surface area contributed by atoms with Crippen molar-refractivity contribution in [2.24, 2.45) is 0 Å². The minimum Gasteiger partial charge on any atom is -0.480 e. The molecular weight excluding hydrogens is 364 g/mol. The summed E-state index contributed by atoms with van der Waals surface area (Å²) in [6.07, 6.45) is 3.08. The number of anilines is 1. The Balaban J connectivity index is 1.82. The summed E-state index contributed by atoms with van der Waals surface area (Å²) in [6.45, 7) is 4.13. The number of carbonyl (C=O) groups excluding carboxylic acids is 1. The van der Waals surface area contributed by atoms with E-state index >= 15 is 0 Å². The largest absolute Gasteiger partial charge is 0.480 e. The van der Waals surface area contributed by atoms with E-state index in [-0.39, 0.29) is 24.2 Å². The lowest BCUT2D eigenvalue weighted by Gasteiger charge is -2.25. The zero-order valence-electron chi connectivity index (χ0n) is 16.4. The van der Waals surface area contributed by atoms with Gasteiger partial charge in [-0.15, -0.1) is 0 Å². The summed E-state index contributed by atoms with van der Waals surface area (Å²) < 4.78 is 0. The molecule has 1 aliphatic heterocycles. The lowest BCUT2D eigenvalue weighted by molar-refractivity contribution is -0.384. The molecule has 9 heteroatoms. The van der Waals surface area contributed by atoms with E-state index in [0.29, 0.717) is 18.7 Å². The fraction of sp³-hybridized carbons (Fsp3) is 0.579. The number of carbonyl (C=O) groups is 2. The molecule has 1 saturated heterocycles. The molecule has 0 aromatic heterocycles. The fourth-order valence-corrected chi connectivity index (χ4v) is 3.48. The van der Waals surface area contributed by atoms with Gasteiger partial charge < -0.3 is 15.3 Å². The van der Waals surface area contributed by atoms with E-state index in [9.17, 15) is 19.7 Å². The lowest BCUT2D eigenvalue weighted by atomic mass is 10.1. The number of carboxylic acids is 1. The maximum atomic E-state index is 12.3. The second kappa shape index (κ2) is 10.1. The predicted molar refractivity (Wildman–Crippen MR) is 105 cm³/mol. The van der Waals surface area contributed by atoms with Crippen LogP contribution in [0.15, 0.2) is 18.2 Å². The number of likely N-dealkylation sites (N-methyl/N-ethyl adjacent to an activating group) is 1. The van der Waals surface area contributed by atoms with E-state index in [4.69, 9.17) is 5.11 Å². The van der Waals surface area contributed by atoms with Crippen LogP contribution in [0, 0.1) is 17.0 Å². The van der Waals surface area contributed by atoms with Crippen LogP contribution in [0.3, 0.4) is 0 Å². The topological polar surface area (TPSA) is 116 Å². The number of amides is 1. The van der Waals surface area contributed by atoms with E-state index in [1.165, 1.54) is 12.1 Å². The molecule has 2 N–H and O–H groups in total. The van der Waals surface area contributed by atoms with Crippen LogP contribution < -0.4 is 5.32 Å². The summed E-state index contributed by atoms with van der Waals surface area (Å²) in [6, 6.07) is 4.65. The summed E-state index contributed by atoms with van der Waals surface area (Å²) in [7, 11) is 1.84. The molecule has 0 bridgehead atoms. The Bertz CT molecular complexity index is 724. The Hall–Kier alpha value is -2.52. The van der Waals surface area contributed by atoms with E-state index < -0.39 is 10.9 Å². The van der Waals surface area contributed by atoms with Gasteiger partial charge in [-0.05, 0) is 51.9 Å². The van der Waals surface area contributed by atoms with Crippen LogP contribution >= 0.6 is 0 Å². The molecule has 0 saturated carbocycles. The van der Waals surface area contributed by atoms with Crippen LogP contribution in [0.25, 0.3) is 0 Å².